The van der Waals surface area contributed by atoms with Gasteiger partial charge >= 0.3 is 0 Å². The van der Waals surface area contributed by atoms with Gasteiger partial charge in [0, 0.05) is 32.5 Å². The van der Waals surface area contributed by atoms with Gasteiger partial charge in [-0.3, -0.25) is 0 Å². The van der Waals surface area contributed by atoms with Gasteiger partial charge in [-0.2, -0.15) is 0 Å². The summed E-state index contributed by atoms with van der Waals surface area (Å²) in [7, 11) is 2.01. The molecule has 1 aromatic heterocycles. The summed E-state index contributed by atoms with van der Waals surface area (Å²) in [4.78, 5) is 4.26. The quantitative estimate of drug-likeness (QED) is 0.753. The number of aliphatic hydroxyl groups is 1. The minimum Gasteiger partial charge on any atom is -0.396 e. The van der Waals surface area contributed by atoms with Crippen LogP contribution in [0.25, 0.3) is 0 Å². The summed E-state index contributed by atoms with van der Waals surface area (Å²) in [6, 6.07) is 0. The molecule has 1 aromatic rings. The van der Waals surface area contributed by atoms with Gasteiger partial charge in [-0.25, -0.2) is 4.98 Å². The fourth-order valence-electron chi connectivity index (χ4n) is 1.71. The Kier molecular flexibility index (Phi) is 4.66. The summed E-state index contributed by atoms with van der Waals surface area (Å²) in [6.07, 6.45) is 8.04. The Morgan fingerprint density at radius 2 is 2.29 bits per heavy atom. The summed E-state index contributed by atoms with van der Waals surface area (Å²) < 4.78 is 2.04. The van der Waals surface area contributed by atoms with Crippen LogP contribution in [0.2, 0.25) is 0 Å². The second-order valence-corrected chi connectivity index (χ2v) is 3.83. The van der Waals surface area contributed by atoms with E-state index in [0.717, 1.165) is 31.5 Å². The van der Waals surface area contributed by atoms with E-state index in [4.69, 9.17) is 5.11 Å². The van der Waals surface area contributed by atoms with Gasteiger partial charge in [-0.05, 0) is 18.8 Å². The Morgan fingerprint density at radius 3 is 2.79 bits per heavy atom. The fraction of sp³-hybridized carbons (Fsp3) is 0.727. The molecule has 0 amide bonds. The number of aromatic nitrogens is 2. The molecule has 1 N–H and O–H groups in total. The number of nitrogens with zero attached hydrogens (tertiary/aromatic N) is 2. The van der Waals surface area contributed by atoms with Crippen molar-refractivity contribution in [2.24, 2.45) is 13.0 Å². The van der Waals surface area contributed by atoms with Crippen LogP contribution in [0, 0.1) is 5.92 Å². The van der Waals surface area contributed by atoms with Crippen molar-refractivity contribution < 1.29 is 5.11 Å². The van der Waals surface area contributed by atoms with E-state index < -0.39 is 0 Å². The maximum atomic E-state index is 9.13. The van der Waals surface area contributed by atoms with Crippen LogP contribution in [-0.4, -0.2) is 21.3 Å². The zero-order valence-corrected chi connectivity index (χ0v) is 9.11. The normalized spacial score (nSPS) is 13.1. The molecular weight excluding hydrogens is 176 g/mol. The molecular formula is C11H20N2O. The van der Waals surface area contributed by atoms with Crippen molar-refractivity contribution in [3.63, 3.8) is 0 Å². The average Bonchev–Trinajstić information content (AvgIpc) is 2.59. The number of hydrogen-bond acceptors (Lipinski definition) is 2. The molecule has 0 saturated heterocycles. The topological polar surface area (TPSA) is 38.1 Å². The fourth-order valence-corrected chi connectivity index (χ4v) is 1.71. The van der Waals surface area contributed by atoms with Crippen LogP contribution < -0.4 is 0 Å². The van der Waals surface area contributed by atoms with E-state index in [-0.39, 0.29) is 0 Å². The highest BCUT2D eigenvalue weighted by Crippen LogP contribution is 2.13. The van der Waals surface area contributed by atoms with Crippen molar-refractivity contribution >= 4 is 0 Å². The molecule has 3 heteroatoms. The van der Waals surface area contributed by atoms with Gasteiger partial charge in [0.05, 0.1) is 0 Å². The van der Waals surface area contributed by atoms with Crippen molar-refractivity contribution in [3.05, 3.63) is 18.2 Å². The molecule has 0 aliphatic carbocycles. The van der Waals surface area contributed by atoms with Gasteiger partial charge in [0.15, 0.2) is 0 Å². The largest absolute Gasteiger partial charge is 0.396 e. The molecule has 80 valence electrons. The number of hydrogen-bond donors (Lipinski definition) is 1. The predicted octanol–water partition coefficient (Wildman–Crippen LogP) is 1.76. The molecule has 0 saturated carbocycles. The van der Waals surface area contributed by atoms with Crippen LogP contribution in [0.5, 0.6) is 0 Å². The number of aliphatic hydroxyl groups excluding tert-OH is 1. The highest BCUT2D eigenvalue weighted by molar-refractivity contribution is 4.91. The highest BCUT2D eigenvalue weighted by Gasteiger charge is 2.08. The minimum atomic E-state index is 0.304. The lowest BCUT2D eigenvalue weighted by molar-refractivity contribution is 0.209. The van der Waals surface area contributed by atoms with E-state index >= 15 is 0 Å². The van der Waals surface area contributed by atoms with Crippen LogP contribution in [0.15, 0.2) is 12.4 Å². The molecule has 0 aliphatic rings. The number of aryl methyl sites for hydroxylation is 2. The Labute approximate surface area is 85.8 Å². The maximum Gasteiger partial charge on any atom is 0.108 e. The van der Waals surface area contributed by atoms with Gasteiger partial charge in [-0.1, -0.05) is 13.3 Å². The summed E-state index contributed by atoms with van der Waals surface area (Å²) in [5, 5.41) is 9.13. The third-order valence-electron chi connectivity index (χ3n) is 2.65. The van der Waals surface area contributed by atoms with E-state index in [0.29, 0.717) is 12.5 Å². The molecule has 1 atom stereocenters. The molecule has 0 spiro atoms. The van der Waals surface area contributed by atoms with Crippen molar-refractivity contribution in [1.29, 1.82) is 0 Å². The van der Waals surface area contributed by atoms with Gasteiger partial charge in [-0.15, -0.1) is 0 Å². The van der Waals surface area contributed by atoms with Gasteiger partial charge in [0.1, 0.15) is 5.82 Å². The third kappa shape index (κ3) is 3.14. The molecule has 0 aliphatic heterocycles. The van der Waals surface area contributed by atoms with Crippen LogP contribution >= 0.6 is 0 Å². The minimum absolute atomic E-state index is 0.304. The Morgan fingerprint density at radius 1 is 1.50 bits per heavy atom. The van der Waals surface area contributed by atoms with Crippen molar-refractivity contribution in [2.45, 2.75) is 32.6 Å². The van der Waals surface area contributed by atoms with Crippen LogP contribution in [0.4, 0.5) is 0 Å². The molecule has 3 nitrogen and oxygen atoms in total. The zero-order chi connectivity index (χ0) is 10.4. The van der Waals surface area contributed by atoms with Gasteiger partial charge in [0.2, 0.25) is 0 Å². The first-order valence-corrected chi connectivity index (χ1v) is 5.35. The smallest absolute Gasteiger partial charge is 0.108 e. The molecule has 1 unspecified atom stereocenters. The molecule has 0 aromatic carbocycles. The maximum absolute atomic E-state index is 9.13. The third-order valence-corrected chi connectivity index (χ3v) is 2.65. The Balaban J connectivity index is 2.35. The van der Waals surface area contributed by atoms with E-state index in [1.165, 1.54) is 0 Å². The highest BCUT2D eigenvalue weighted by atomic mass is 16.3. The zero-order valence-electron chi connectivity index (χ0n) is 9.11. The predicted molar refractivity (Wildman–Crippen MR) is 57.0 cm³/mol. The van der Waals surface area contributed by atoms with E-state index in [2.05, 4.69) is 11.9 Å². The lowest BCUT2D eigenvalue weighted by Gasteiger charge is -2.12. The molecule has 0 fully saturated rings. The second kappa shape index (κ2) is 5.81. The van der Waals surface area contributed by atoms with Crippen molar-refractivity contribution in [2.75, 3.05) is 6.61 Å². The first-order valence-electron chi connectivity index (χ1n) is 5.35. The number of rotatable bonds is 6. The molecule has 14 heavy (non-hydrogen) atoms. The summed E-state index contributed by atoms with van der Waals surface area (Å²) >= 11 is 0. The van der Waals surface area contributed by atoms with Crippen LogP contribution in [0.3, 0.4) is 0 Å². The van der Waals surface area contributed by atoms with E-state index in [9.17, 15) is 0 Å². The number of imidazole rings is 1. The lowest BCUT2D eigenvalue weighted by atomic mass is 9.99. The van der Waals surface area contributed by atoms with E-state index in [1.54, 1.807) is 0 Å². The summed E-state index contributed by atoms with van der Waals surface area (Å²) in [5.74, 6) is 1.55. The average molecular weight is 196 g/mol. The first-order chi connectivity index (χ1) is 6.77. The Bertz CT molecular complexity index is 258. The summed E-state index contributed by atoms with van der Waals surface area (Å²) in [6.45, 7) is 2.46. The van der Waals surface area contributed by atoms with Gasteiger partial charge in [0.25, 0.3) is 0 Å². The van der Waals surface area contributed by atoms with Crippen molar-refractivity contribution in [3.8, 4) is 0 Å². The standard InChI is InChI=1S/C11H20N2O/c1-3-4-10(9-14)5-6-11-12-7-8-13(11)2/h7-8,10,14H,3-6,9H2,1-2H3. The van der Waals surface area contributed by atoms with E-state index in [1.807, 2.05) is 24.0 Å². The SMILES string of the molecule is CCCC(CO)CCc1nccn1C. The molecule has 1 heterocycles. The summed E-state index contributed by atoms with van der Waals surface area (Å²) in [5.41, 5.74) is 0. The van der Waals surface area contributed by atoms with Crippen LogP contribution in [0.1, 0.15) is 32.0 Å². The molecule has 0 radical (unpaired) electrons. The van der Waals surface area contributed by atoms with Crippen LogP contribution in [-0.2, 0) is 13.5 Å². The molecule has 1 rings (SSSR count). The Hall–Kier alpha value is -0.830. The van der Waals surface area contributed by atoms with Crippen molar-refractivity contribution in [1.82, 2.24) is 9.55 Å². The second-order valence-electron chi connectivity index (χ2n) is 3.83. The molecule has 0 bridgehead atoms. The lowest BCUT2D eigenvalue weighted by Crippen LogP contribution is -2.09. The first kappa shape index (κ1) is 11.2. The van der Waals surface area contributed by atoms with Gasteiger partial charge < -0.3 is 9.67 Å². The monoisotopic (exact) mass is 196 g/mol.